The molecule has 5 heteroatoms. The molecule has 1 N–H and O–H groups in total. The number of carbonyl (C=O) groups is 2. The number of hydrogen-bond donors (Lipinski definition) is 1. The van der Waals surface area contributed by atoms with E-state index in [9.17, 15) is 14.7 Å². The van der Waals surface area contributed by atoms with Crippen molar-refractivity contribution in [2.75, 3.05) is 6.61 Å². The van der Waals surface area contributed by atoms with E-state index in [1.807, 2.05) is 0 Å². The number of hydrogen-bond acceptors (Lipinski definition) is 4. The summed E-state index contributed by atoms with van der Waals surface area (Å²) in [5.74, 6) is -0.692. The Morgan fingerprint density at radius 2 is 1.10 bits per heavy atom. The summed E-state index contributed by atoms with van der Waals surface area (Å²) in [5.41, 5.74) is 0. The average molecular weight is 294 g/mol. The summed E-state index contributed by atoms with van der Waals surface area (Å²) < 4.78 is 0. The number of carboxylic acids is 1. The Balaban J connectivity index is 0. The predicted molar refractivity (Wildman–Crippen MR) is 72.5 cm³/mol. The van der Waals surface area contributed by atoms with Gasteiger partial charge in [0.2, 0.25) is 0 Å². The first-order valence-electron chi connectivity index (χ1n) is 7.49. The fourth-order valence-corrected chi connectivity index (χ4v) is 2.05. The van der Waals surface area contributed by atoms with E-state index in [0.29, 0.717) is 19.3 Å². The summed E-state index contributed by atoms with van der Waals surface area (Å²) in [5, 5.41) is 18.8. The second kappa shape index (κ2) is 17.2. The number of aliphatic hydroxyl groups is 1. The van der Waals surface area contributed by atoms with Gasteiger partial charge in [0.15, 0.2) is 0 Å². The van der Waals surface area contributed by atoms with Crippen molar-refractivity contribution in [3.8, 4) is 0 Å². The Labute approximate surface area is 144 Å². The third-order valence-electron chi connectivity index (χ3n) is 3.20. The minimum absolute atomic E-state index is 0. The molecule has 0 aromatic heterocycles. The van der Waals surface area contributed by atoms with Gasteiger partial charge in [-0.3, -0.25) is 4.79 Å². The van der Waals surface area contributed by atoms with Gasteiger partial charge >= 0.3 is 29.6 Å². The Kier molecular flexibility index (Phi) is 19.2. The molecule has 0 rings (SSSR count). The van der Waals surface area contributed by atoms with E-state index in [4.69, 9.17) is 5.11 Å². The molecule has 0 saturated carbocycles. The van der Waals surface area contributed by atoms with E-state index in [2.05, 4.69) is 0 Å². The normalized spacial score (nSPS) is 10.1. The summed E-state index contributed by atoms with van der Waals surface area (Å²) in [4.78, 5) is 21.5. The number of rotatable bonds is 14. The third kappa shape index (κ3) is 18.1. The molecule has 0 bridgehead atoms. The predicted octanol–water partition coefficient (Wildman–Crippen LogP) is -1.02. The van der Waals surface area contributed by atoms with Gasteiger partial charge in [0.25, 0.3) is 0 Å². The minimum atomic E-state index is -0.953. The van der Waals surface area contributed by atoms with Gasteiger partial charge in [0.1, 0.15) is 5.78 Å². The van der Waals surface area contributed by atoms with Gasteiger partial charge in [0.05, 0.1) is 0 Å². The van der Waals surface area contributed by atoms with Crippen LogP contribution in [0, 0.1) is 0 Å². The van der Waals surface area contributed by atoms with E-state index in [0.717, 1.165) is 51.4 Å². The number of aliphatic hydroxyl groups excluding tert-OH is 1. The van der Waals surface area contributed by atoms with Gasteiger partial charge in [-0.15, -0.1) is 0 Å². The van der Waals surface area contributed by atoms with Gasteiger partial charge in [-0.25, -0.2) is 0 Å². The third-order valence-corrected chi connectivity index (χ3v) is 3.20. The van der Waals surface area contributed by atoms with Gasteiger partial charge in [-0.2, -0.15) is 0 Å². The number of carboxylic acid groups (broad SMARTS) is 1. The van der Waals surface area contributed by atoms with Crippen molar-refractivity contribution >= 4 is 11.8 Å². The van der Waals surface area contributed by atoms with Gasteiger partial charge in [0, 0.05) is 25.4 Å². The number of unbranched alkanes of at least 4 members (excludes halogenated alkanes) is 7. The zero-order valence-electron chi connectivity index (χ0n) is 12.9. The van der Waals surface area contributed by atoms with Crippen LogP contribution in [0.4, 0.5) is 0 Å². The summed E-state index contributed by atoms with van der Waals surface area (Å²) in [6.07, 6.45) is 10.2. The topological polar surface area (TPSA) is 77.4 Å². The second-order valence-electron chi connectivity index (χ2n) is 5.07. The first kappa shape index (κ1) is 22.4. The van der Waals surface area contributed by atoms with Crippen molar-refractivity contribution in [3.63, 3.8) is 0 Å². The number of Topliss-reactive ketones (excluding diaryl/α,β-unsaturated/α-hetero) is 1. The van der Waals surface area contributed by atoms with E-state index < -0.39 is 5.97 Å². The molecule has 0 heterocycles. The Bertz CT molecular complexity index is 244. The van der Waals surface area contributed by atoms with Crippen LogP contribution >= 0.6 is 0 Å². The van der Waals surface area contributed by atoms with Crippen LogP contribution in [0.5, 0.6) is 0 Å². The smallest absolute Gasteiger partial charge is 0.550 e. The molecule has 0 aromatic rings. The van der Waals surface area contributed by atoms with Crippen LogP contribution in [-0.4, -0.2) is 23.5 Å². The molecular formula is C15H27NaO4. The van der Waals surface area contributed by atoms with Crippen molar-refractivity contribution in [1.29, 1.82) is 0 Å². The number of ketones is 1. The molecule has 0 spiro atoms. The van der Waals surface area contributed by atoms with Gasteiger partial charge in [-0.05, 0) is 25.7 Å². The van der Waals surface area contributed by atoms with Crippen LogP contribution in [0.2, 0.25) is 0 Å². The van der Waals surface area contributed by atoms with Gasteiger partial charge < -0.3 is 15.0 Å². The van der Waals surface area contributed by atoms with Crippen molar-refractivity contribution in [1.82, 2.24) is 0 Å². The van der Waals surface area contributed by atoms with Gasteiger partial charge in [-0.1, -0.05) is 38.5 Å². The van der Waals surface area contributed by atoms with Crippen LogP contribution in [0.1, 0.15) is 77.0 Å². The fraction of sp³-hybridized carbons (Fsp3) is 0.867. The maximum absolute atomic E-state index is 11.3. The molecule has 0 amide bonds. The number of carbonyl (C=O) groups excluding carboxylic acids is 2. The molecule has 4 nitrogen and oxygen atoms in total. The summed E-state index contributed by atoms with van der Waals surface area (Å²) in [7, 11) is 0. The molecule has 0 aliphatic heterocycles. The maximum atomic E-state index is 11.3. The van der Waals surface area contributed by atoms with E-state index in [-0.39, 0.29) is 48.4 Å². The Morgan fingerprint density at radius 3 is 1.55 bits per heavy atom. The molecule has 20 heavy (non-hydrogen) atoms. The molecule has 112 valence electrons. The van der Waals surface area contributed by atoms with E-state index in [1.54, 1.807) is 0 Å². The first-order valence-corrected chi connectivity index (χ1v) is 7.49. The summed E-state index contributed by atoms with van der Waals surface area (Å²) >= 11 is 0. The Morgan fingerprint density at radius 1 is 0.700 bits per heavy atom. The summed E-state index contributed by atoms with van der Waals surface area (Å²) in [6, 6.07) is 0. The van der Waals surface area contributed by atoms with Crippen molar-refractivity contribution in [2.45, 2.75) is 77.0 Å². The average Bonchev–Trinajstić information content (AvgIpc) is 2.38. The number of aliphatic carboxylic acids is 1. The summed E-state index contributed by atoms with van der Waals surface area (Å²) in [6.45, 7) is 0.101. The zero-order valence-corrected chi connectivity index (χ0v) is 14.9. The molecule has 0 radical (unpaired) electrons. The minimum Gasteiger partial charge on any atom is -0.550 e. The van der Waals surface area contributed by atoms with Crippen LogP contribution in [0.25, 0.3) is 0 Å². The Hall–Kier alpha value is 0.1000. The fourth-order valence-electron chi connectivity index (χ4n) is 2.05. The molecule has 0 aromatic carbocycles. The van der Waals surface area contributed by atoms with Crippen molar-refractivity contribution < 1.29 is 49.4 Å². The molecule has 0 fully saturated rings. The molecule has 0 unspecified atom stereocenters. The van der Waals surface area contributed by atoms with Crippen LogP contribution in [-0.2, 0) is 9.59 Å². The molecule has 0 aliphatic rings. The SMILES string of the molecule is O=C([O-])CCCCCCCCCCC(=O)CCCO.[Na+]. The first-order chi connectivity index (χ1) is 9.16. The molecular weight excluding hydrogens is 267 g/mol. The van der Waals surface area contributed by atoms with Crippen LogP contribution in [0.15, 0.2) is 0 Å². The molecule has 0 aliphatic carbocycles. The standard InChI is InChI=1S/C15H28O4.Na/c16-13-9-11-14(17)10-7-5-3-1-2-4-6-8-12-15(18)19;/h16H,1-13H2,(H,18,19);/q;+1/p-1. The van der Waals surface area contributed by atoms with E-state index in [1.165, 1.54) is 0 Å². The quantitative estimate of drug-likeness (QED) is 0.329. The second-order valence-corrected chi connectivity index (χ2v) is 5.07. The van der Waals surface area contributed by atoms with Crippen LogP contribution < -0.4 is 34.7 Å². The molecule has 0 saturated heterocycles. The molecule has 0 atom stereocenters. The van der Waals surface area contributed by atoms with Crippen molar-refractivity contribution in [2.24, 2.45) is 0 Å². The van der Waals surface area contributed by atoms with Crippen molar-refractivity contribution in [3.05, 3.63) is 0 Å². The largest absolute Gasteiger partial charge is 1.00 e. The van der Waals surface area contributed by atoms with Crippen LogP contribution in [0.3, 0.4) is 0 Å². The maximum Gasteiger partial charge on any atom is 1.00 e. The van der Waals surface area contributed by atoms with E-state index >= 15 is 0 Å². The monoisotopic (exact) mass is 294 g/mol. The zero-order chi connectivity index (χ0) is 14.3.